The van der Waals surface area contributed by atoms with Crippen LogP contribution < -0.4 is 10.2 Å². The lowest BCUT2D eigenvalue weighted by atomic mass is 10.2. The van der Waals surface area contributed by atoms with Gasteiger partial charge in [0.15, 0.2) is 0 Å². The number of aromatic nitrogens is 2. The van der Waals surface area contributed by atoms with Gasteiger partial charge in [0.1, 0.15) is 23.0 Å². The van der Waals surface area contributed by atoms with Crippen molar-refractivity contribution in [3.63, 3.8) is 0 Å². The van der Waals surface area contributed by atoms with E-state index in [0.29, 0.717) is 20.9 Å². The molecule has 2 aromatic rings. The minimum absolute atomic E-state index is 0.0514. The first-order valence-electron chi connectivity index (χ1n) is 10.5. The predicted octanol–water partition coefficient (Wildman–Crippen LogP) is 2.58. The van der Waals surface area contributed by atoms with Gasteiger partial charge in [0, 0.05) is 18.0 Å². The molecule has 0 aliphatic carbocycles. The van der Waals surface area contributed by atoms with E-state index in [2.05, 4.69) is 15.3 Å². The molecular weight excluding hydrogens is 475 g/mol. The highest BCUT2D eigenvalue weighted by Crippen LogP contribution is 2.33. The SMILES string of the molecule is CCCc1cc2c(N3CCN(C(=N)C(F)(F)F)C(=N)C3)nc(C(=O)NCC(=O)OCC)nc2s1. The molecule has 1 saturated heterocycles. The summed E-state index contributed by atoms with van der Waals surface area (Å²) in [7, 11) is 0. The number of amidine groups is 2. The van der Waals surface area contributed by atoms with Crippen LogP contribution in [0.2, 0.25) is 0 Å². The summed E-state index contributed by atoms with van der Waals surface area (Å²) in [6.07, 6.45) is -3.20. The van der Waals surface area contributed by atoms with E-state index in [1.807, 2.05) is 13.0 Å². The standard InChI is InChI=1S/C20H24F3N7O3S/c1-3-5-11-8-12-16(29-6-7-30(13(24)10-29)19(25)20(21,22)23)27-15(28-18(12)34-11)17(32)26-9-14(31)33-4-2/h8,24-25H,3-7,9-10H2,1-2H3,(H,26,32). The number of rotatable bonds is 7. The first-order chi connectivity index (χ1) is 16.0. The zero-order valence-corrected chi connectivity index (χ0v) is 19.4. The second-order valence-corrected chi connectivity index (χ2v) is 8.52. The van der Waals surface area contributed by atoms with Gasteiger partial charge in [0.25, 0.3) is 5.91 Å². The number of thiophene rings is 1. The topological polar surface area (TPSA) is 135 Å². The smallest absolute Gasteiger partial charge is 0.449 e. The lowest BCUT2D eigenvalue weighted by Gasteiger charge is -2.37. The molecule has 0 unspecified atom stereocenters. The molecular formula is C20H24F3N7O3S. The number of hydrogen-bond acceptors (Lipinski definition) is 9. The molecule has 0 spiro atoms. The summed E-state index contributed by atoms with van der Waals surface area (Å²) in [5, 5.41) is 18.5. The second kappa shape index (κ2) is 10.3. The van der Waals surface area contributed by atoms with Crippen LogP contribution in [-0.4, -0.2) is 77.4 Å². The van der Waals surface area contributed by atoms with Crippen LogP contribution in [0.5, 0.6) is 0 Å². The summed E-state index contributed by atoms with van der Waals surface area (Å²) < 4.78 is 43.7. The highest BCUT2D eigenvalue weighted by Gasteiger charge is 2.41. The lowest BCUT2D eigenvalue weighted by molar-refractivity contribution is -0.141. The van der Waals surface area contributed by atoms with Crippen molar-refractivity contribution in [2.75, 3.05) is 37.7 Å². The average Bonchev–Trinajstić information content (AvgIpc) is 3.18. The number of carbonyl (C=O) groups excluding carboxylic acids is 2. The van der Waals surface area contributed by atoms with Gasteiger partial charge >= 0.3 is 12.1 Å². The Morgan fingerprint density at radius 2 is 2.00 bits per heavy atom. The molecule has 3 N–H and O–H groups in total. The number of fused-ring (bicyclic) bond motifs is 1. The number of aryl methyl sites for hydroxylation is 1. The Morgan fingerprint density at radius 3 is 2.62 bits per heavy atom. The van der Waals surface area contributed by atoms with Crippen molar-refractivity contribution >= 4 is 50.9 Å². The summed E-state index contributed by atoms with van der Waals surface area (Å²) in [5.74, 6) is -3.20. The maximum Gasteiger partial charge on any atom is 0.449 e. The number of alkyl halides is 3. The van der Waals surface area contributed by atoms with Gasteiger partial charge < -0.3 is 19.9 Å². The Bertz CT molecular complexity index is 1120. The maximum absolute atomic E-state index is 13.0. The van der Waals surface area contributed by atoms with Crippen molar-refractivity contribution < 1.29 is 27.5 Å². The van der Waals surface area contributed by atoms with Crippen LogP contribution in [0.1, 0.15) is 35.8 Å². The van der Waals surface area contributed by atoms with Crippen molar-refractivity contribution in [1.82, 2.24) is 20.2 Å². The van der Waals surface area contributed by atoms with Crippen molar-refractivity contribution in [3.8, 4) is 0 Å². The largest absolute Gasteiger partial charge is 0.465 e. The fraction of sp³-hybridized carbons (Fsp3) is 0.500. The van der Waals surface area contributed by atoms with Crippen LogP contribution in [0.15, 0.2) is 6.07 Å². The summed E-state index contributed by atoms with van der Waals surface area (Å²) in [6.45, 7) is 3.04. The quantitative estimate of drug-likeness (QED) is 0.303. The van der Waals surface area contributed by atoms with Gasteiger partial charge in [-0.1, -0.05) is 13.3 Å². The lowest BCUT2D eigenvalue weighted by Crippen LogP contribution is -2.55. The number of carbonyl (C=O) groups is 2. The number of anilines is 1. The van der Waals surface area contributed by atoms with E-state index in [1.54, 1.807) is 11.8 Å². The normalized spacial score (nSPS) is 14.4. The first kappa shape index (κ1) is 25.3. The molecule has 1 amide bonds. The van der Waals surface area contributed by atoms with Crippen molar-refractivity contribution in [1.29, 1.82) is 10.8 Å². The molecule has 1 aliphatic heterocycles. The fourth-order valence-electron chi connectivity index (χ4n) is 3.39. The molecule has 0 bridgehead atoms. The molecule has 10 nitrogen and oxygen atoms in total. The Kier molecular flexibility index (Phi) is 7.69. The molecule has 0 radical (unpaired) electrons. The molecule has 1 fully saturated rings. The van der Waals surface area contributed by atoms with E-state index in [1.165, 1.54) is 11.3 Å². The number of halogens is 3. The van der Waals surface area contributed by atoms with Crippen LogP contribution in [-0.2, 0) is 16.0 Å². The van der Waals surface area contributed by atoms with Gasteiger partial charge in [0.2, 0.25) is 11.7 Å². The van der Waals surface area contributed by atoms with E-state index in [-0.39, 0.29) is 38.6 Å². The number of ether oxygens (including phenoxy) is 1. The van der Waals surface area contributed by atoms with E-state index in [0.717, 1.165) is 17.7 Å². The molecule has 0 aromatic carbocycles. The number of hydrogen-bond donors (Lipinski definition) is 3. The molecule has 184 valence electrons. The minimum atomic E-state index is -4.86. The Balaban J connectivity index is 1.91. The number of esters is 1. The third-order valence-electron chi connectivity index (χ3n) is 4.92. The first-order valence-corrected chi connectivity index (χ1v) is 11.4. The number of nitrogens with zero attached hydrogens (tertiary/aromatic N) is 4. The Morgan fingerprint density at radius 1 is 1.26 bits per heavy atom. The number of nitrogens with one attached hydrogen (secondary N) is 3. The molecule has 0 saturated carbocycles. The van der Waals surface area contributed by atoms with Crippen LogP contribution in [0.4, 0.5) is 19.0 Å². The van der Waals surface area contributed by atoms with Gasteiger partial charge in [0.05, 0.1) is 18.5 Å². The molecule has 2 aromatic heterocycles. The zero-order chi connectivity index (χ0) is 25.0. The van der Waals surface area contributed by atoms with E-state index >= 15 is 0 Å². The minimum Gasteiger partial charge on any atom is -0.465 e. The highest BCUT2D eigenvalue weighted by molar-refractivity contribution is 7.18. The number of amides is 1. The second-order valence-electron chi connectivity index (χ2n) is 7.41. The Labute approximate surface area is 197 Å². The molecule has 3 heterocycles. The third-order valence-corrected chi connectivity index (χ3v) is 6.01. The van der Waals surface area contributed by atoms with Crippen molar-refractivity contribution in [2.45, 2.75) is 32.9 Å². The van der Waals surface area contributed by atoms with Crippen LogP contribution in [0.25, 0.3) is 10.2 Å². The van der Waals surface area contributed by atoms with Gasteiger partial charge in [-0.05, 0) is 19.4 Å². The van der Waals surface area contributed by atoms with Gasteiger partial charge in [-0.3, -0.25) is 20.4 Å². The van der Waals surface area contributed by atoms with Crippen molar-refractivity contribution in [3.05, 3.63) is 16.8 Å². The van der Waals surface area contributed by atoms with Crippen LogP contribution in [0, 0.1) is 10.8 Å². The van der Waals surface area contributed by atoms with E-state index in [4.69, 9.17) is 15.6 Å². The molecule has 14 heteroatoms. The highest BCUT2D eigenvalue weighted by atomic mass is 32.1. The summed E-state index contributed by atoms with van der Waals surface area (Å²) in [5.41, 5.74) is 0. The number of piperazine rings is 1. The average molecular weight is 500 g/mol. The zero-order valence-electron chi connectivity index (χ0n) is 18.6. The Hall–Kier alpha value is -3.29. The van der Waals surface area contributed by atoms with Gasteiger partial charge in [-0.15, -0.1) is 11.3 Å². The van der Waals surface area contributed by atoms with Crippen molar-refractivity contribution in [2.24, 2.45) is 0 Å². The van der Waals surface area contributed by atoms with E-state index < -0.39 is 29.7 Å². The van der Waals surface area contributed by atoms with Gasteiger partial charge in [-0.25, -0.2) is 9.97 Å². The van der Waals surface area contributed by atoms with Crippen LogP contribution in [0.3, 0.4) is 0 Å². The summed E-state index contributed by atoms with van der Waals surface area (Å²) >= 11 is 1.38. The van der Waals surface area contributed by atoms with Gasteiger partial charge in [-0.2, -0.15) is 13.2 Å². The third kappa shape index (κ3) is 5.61. The molecule has 34 heavy (non-hydrogen) atoms. The maximum atomic E-state index is 13.0. The summed E-state index contributed by atoms with van der Waals surface area (Å²) in [6, 6.07) is 1.88. The molecule has 1 aliphatic rings. The van der Waals surface area contributed by atoms with Crippen LogP contribution >= 0.6 is 11.3 Å². The molecule has 0 atom stereocenters. The monoisotopic (exact) mass is 499 g/mol. The van der Waals surface area contributed by atoms with E-state index in [9.17, 15) is 22.8 Å². The predicted molar refractivity (Wildman–Crippen MR) is 121 cm³/mol. The summed E-state index contributed by atoms with van der Waals surface area (Å²) in [4.78, 5) is 36.6. The molecule has 3 rings (SSSR count). The fourth-order valence-corrected chi connectivity index (χ4v) is 4.52.